The number of hydrogen-bond acceptors (Lipinski definition) is 3. The van der Waals surface area contributed by atoms with Crippen molar-refractivity contribution in [1.29, 1.82) is 0 Å². The summed E-state index contributed by atoms with van der Waals surface area (Å²) in [6.45, 7) is 3.15. The van der Waals surface area contributed by atoms with Gasteiger partial charge in [-0.05, 0) is 43.5 Å². The molecule has 0 aliphatic carbocycles. The lowest BCUT2D eigenvalue weighted by Crippen LogP contribution is -2.36. The molecule has 2 N–H and O–H groups in total. The largest absolute Gasteiger partial charge is 0.329 e. The molecule has 1 atom stereocenters. The Morgan fingerprint density at radius 3 is 2.93 bits per heavy atom. The Labute approximate surface area is 91.3 Å². The normalized spacial score (nSPS) is 22.1. The van der Waals surface area contributed by atoms with E-state index in [9.17, 15) is 0 Å². The fourth-order valence-electron chi connectivity index (χ4n) is 2.28. The highest BCUT2D eigenvalue weighted by molar-refractivity contribution is 5.10. The van der Waals surface area contributed by atoms with Gasteiger partial charge < -0.3 is 5.73 Å². The zero-order valence-electron chi connectivity index (χ0n) is 9.10. The van der Waals surface area contributed by atoms with E-state index in [-0.39, 0.29) is 0 Å². The minimum absolute atomic E-state index is 0.617. The number of rotatable bonds is 4. The Balaban J connectivity index is 1.83. The van der Waals surface area contributed by atoms with E-state index in [0.717, 1.165) is 19.5 Å². The zero-order valence-corrected chi connectivity index (χ0v) is 9.10. The summed E-state index contributed by atoms with van der Waals surface area (Å²) in [6.07, 6.45) is 7.41. The predicted molar refractivity (Wildman–Crippen MR) is 61.6 cm³/mol. The standard InChI is InChI=1S/C12H19N3/c13-10-12-2-1-8-15(12)9-5-11-3-6-14-7-4-11/h3-4,6-7,12H,1-2,5,8-10,13H2. The van der Waals surface area contributed by atoms with Crippen LogP contribution >= 0.6 is 0 Å². The minimum Gasteiger partial charge on any atom is -0.329 e. The van der Waals surface area contributed by atoms with E-state index < -0.39 is 0 Å². The molecular formula is C12H19N3. The number of hydrogen-bond donors (Lipinski definition) is 1. The average Bonchev–Trinajstić information content (AvgIpc) is 2.75. The molecule has 0 spiro atoms. The molecule has 1 unspecified atom stereocenters. The highest BCUT2D eigenvalue weighted by atomic mass is 15.2. The number of nitrogens with zero attached hydrogens (tertiary/aromatic N) is 2. The van der Waals surface area contributed by atoms with Gasteiger partial charge in [0.15, 0.2) is 0 Å². The van der Waals surface area contributed by atoms with Crippen LogP contribution in [0.1, 0.15) is 18.4 Å². The molecule has 1 aromatic rings. The summed E-state index contributed by atoms with van der Waals surface area (Å²) in [5.41, 5.74) is 7.11. The third kappa shape index (κ3) is 2.76. The molecule has 1 aliphatic rings. The zero-order chi connectivity index (χ0) is 10.5. The fraction of sp³-hybridized carbons (Fsp3) is 0.583. The Morgan fingerprint density at radius 2 is 2.20 bits per heavy atom. The van der Waals surface area contributed by atoms with Gasteiger partial charge in [-0.3, -0.25) is 9.88 Å². The quantitative estimate of drug-likeness (QED) is 0.799. The second-order valence-corrected chi connectivity index (χ2v) is 4.17. The summed E-state index contributed by atoms with van der Waals surface area (Å²) in [6, 6.07) is 4.80. The van der Waals surface area contributed by atoms with Gasteiger partial charge in [-0.2, -0.15) is 0 Å². The first-order chi connectivity index (χ1) is 7.40. The number of pyridine rings is 1. The van der Waals surface area contributed by atoms with Crippen molar-refractivity contribution in [3.8, 4) is 0 Å². The van der Waals surface area contributed by atoms with E-state index in [4.69, 9.17) is 5.73 Å². The molecule has 2 rings (SSSR count). The minimum atomic E-state index is 0.617. The summed E-state index contributed by atoms with van der Waals surface area (Å²) < 4.78 is 0. The highest BCUT2D eigenvalue weighted by Crippen LogP contribution is 2.16. The first-order valence-electron chi connectivity index (χ1n) is 5.73. The van der Waals surface area contributed by atoms with Gasteiger partial charge in [0.2, 0.25) is 0 Å². The molecule has 0 amide bonds. The van der Waals surface area contributed by atoms with E-state index in [2.05, 4.69) is 22.0 Å². The molecule has 0 bridgehead atoms. The summed E-state index contributed by atoms with van der Waals surface area (Å²) >= 11 is 0. The highest BCUT2D eigenvalue weighted by Gasteiger charge is 2.22. The molecule has 2 heterocycles. The summed E-state index contributed by atoms with van der Waals surface area (Å²) in [4.78, 5) is 6.54. The molecule has 0 saturated carbocycles. The maximum Gasteiger partial charge on any atom is 0.0270 e. The summed E-state index contributed by atoms with van der Waals surface area (Å²) in [5, 5.41) is 0. The molecule has 3 nitrogen and oxygen atoms in total. The van der Waals surface area contributed by atoms with Crippen molar-refractivity contribution in [2.45, 2.75) is 25.3 Å². The van der Waals surface area contributed by atoms with Crippen LogP contribution < -0.4 is 5.73 Å². The van der Waals surface area contributed by atoms with Crippen LogP contribution in [0.25, 0.3) is 0 Å². The van der Waals surface area contributed by atoms with Gasteiger partial charge in [-0.15, -0.1) is 0 Å². The van der Waals surface area contributed by atoms with Crippen LogP contribution in [0.15, 0.2) is 24.5 Å². The summed E-state index contributed by atoms with van der Waals surface area (Å²) in [7, 11) is 0. The van der Waals surface area contributed by atoms with Gasteiger partial charge in [0.1, 0.15) is 0 Å². The van der Waals surface area contributed by atoms with Crippen molar-refractivity contribution in [3.63, 3.8) is 0 Å². The van der Waals surface area contributed by atoms with E-state index in [1.165, 1.54) is 24.9 Å². The molecule has 1 aliphatic heterocycles. The third-order valence-electron chi connectivity index (χ3n) is 3.21. The van der Waals surface area contributed by atoms with Crippen LogP contribution in [-0.2, 0) is 6.42 Å². The first-order valence-corrected chi connectivity index (χ1v) is 5.73. The van der Waals surface area contributed by atoms with Crippen LogP contribution in [0.4, 0.5) is 0 Å². The lowest BCUT2D eigenvalue weighted by atomic mass is 10.2. The van der Waals surface area contributed by atoms with Crippen LogP contribution in [0.2, 0.25) is 0 Å². The topological polar surface area (TPSA) is 42.1 Å². The van der Waals surface area contributed by atoms with Crippen molar-refractivity contribution in [3.05, 3.63) is 30.1 Å². The number of aromatic nitrogens is 1. The Morgan fingerprint density at radius 1 is 1.40 bits per heavy atom. The van der Waals surface area contributed by atoms with Crippen molar-refractivity contribution < 1.29 is 0 Å². The molecule has 82 valence electrons. The monoisotopic (exact) mass is 205 g/mol. The van der Waals surface area contributed by atoms with Crippen molar-refractivity contribution in [2.24, 2.45) is 5.73 Å². The van der Waals surface area contributed by atoms with Gasteiger partial charge in [0, 0.05) is 31.5 Å². The van der Waals surface area contributed by atoms with Crippen LogP contribution in [0, 0.1) is 0 Å². The molecule has 0 aromatic carbocycles. The lowest BCUT2D eigenvalue weighted by Gasteiger charge is -2.22. The second-order valence-electron chi connectivity index (χ2n) is 4.17. The van der Waals surface area contributed by atoms with E-state index in [1.807, 2.05) is 12.4 Å². The van der Waals surface area contributed by atoms with Crippen LogP contribution in [-0.4, -0.2) is 35.6 Å². The molecule has 0 radical (unpaired) electrons. The SMILES string of the molecule is NCC1CCCN1CCc1ccncc1. The fourth-order valence-corrected chi connectivity index (χ4v) is 2.28. The Hall–Kier alpha value is -0.930. The second kappa shape index (κ2) is 5.24. The third-order valence-corrected chi connectivity index (χ3v) is 3.21. The molecule has 1 fully saturated rings. The smallest absolute Gasteiger partial charge is 0.0270 e. The van der Waals surface area contributed by atoms with Gasteiger partial charge in [0.05, 0.1) is 0 Å². The van der Waals surface area contributed by atoms with Gasteiger partial charge in [-0.25, -0.2) is 0 Å². The van der Waals surface area contributed by atoms with Crippen LogP contribution in [0.3, 0.4) is 0 Å². The molecule has 3 heteroatoms. The van der Waals surface area contributed by atoms with E-state index in [1.54, 1.807) is 0 Å². The number of likely N-dealkylation sites (tertiary alicyclic amines) is 1. The maximum atomic E-state index is 5.74. The average molecular weight is 205 g/mol. The van der Waals surface area contributed by atoms with E-state index in [0.29, 0.717) is 6.04 Å². The molecule has 1 aromatic heterocycles. The van der Waals surface area contributed by atoms with Crippen molar-refractivity contribution in [1.82, 2.24) is 9.88 Å². The first kappa shape index (κ1) is 10.6. The maximum absolute atomic E-state index is 5.74. The molecule has 15 heavy (non-hydrogen) atoms. The Bertz CT molecular complexity index is 286. The molecule has 1 saturated heterocycles. The lowest BCUT2D eigenvalue weighted by molar-refractivity contribution is 0.262. The van der Waals surface area contributed by atoms with Crippen LogP contribution in [0.5, 0.6) is 0 Å². The molecular weight excluding hydrogens is 186 g/mol. The predicted octanol–water partition coefficient (Wildman–Crippen LogP) is 1.05. The van der Waals surface area contributed by atoms with E-state index >= 15 is 0 Å². The van der Waals surface area contributed by atoms with Gasteiger partial charge in [-0.1, -0.05) is 0 Å². The van der Waals surface area contributed by atoms with Gasteiger partial charge in [0.25, 0.3) is 0 Å². The number of nitrogens with two attached hydrogens (primary N) is 1. The Kier molecular flexibility index (Phi) is 3.69. The van der Waals surface area contributed by atoms with Gasteiger partial charge >= 0.3 is 0 Å². The van der Waals surface area contributed by atoms with Crippen molar-refractivity contribution >= 4 is 0 Å². The summed E-state index contributed by atoms with van der Waals surface area (Å²) in [5.74, 6) is 0. The van der Waals surface area contributed by atoms with Crippen molar-refractivity contribution in [2.75, 3.05) is 19.6 Å².